The number of rotatable bonds is 7. The third-order valence-corrected chi connectivity index (χ3v) is 5.01. The van der Waals surface area contributed by atoms with Gasteiger partial charge in [-0.25, -0.2) is 4.98 Å². The molecule has 0 fully saturated rings. The summed E-state index contributed by atoms with van der Waals surface area (Å²) < 4.78 is 5.79. The first-order chi connectivity index (χ1) is 13.6. The SMILES string of the molecule is CSc1nc(C)c(CCC(=O)OC(c2ccccc2)c2ccccc2)c(=O)[nH]1. The Labute approximate surface area is 168 Å². The molecule has 3 rings (SSSR count). The third kappa shape index (κ3) is 4.89. The minimum atomic E-state index is -0.480. The molecule has 0 aliphatic heterocycles. The van der Waals surface area contributed by atoms with Crippen LogP contribution >= 0.6 is 11.8 Å². The quantitative estimate of drug-likeness (QED) is 0.372. The van der Waals surface area contributed by atoms with Gasteiger partial charge in [0.2, 0.25) is 0 Å². The molecular formula is C22H22N2O3S. The number of nitrogens with one attached hydrogen (secondary N) is 1. The summed E-state index contributed by atoms with van der Waals surface area (Å²) in [6, 6.07) is 19.3. The number of carbonyl (C=O) groups is 1. The topological polar surface area (TPSA) is 72.0 Å². The highest BCUT2D eigenvalue weighted by atomic mass is 32.2. The number of aromatic nitrogens is 2. The third-order valence-electron chi connectivity index (χ3n) is 4.43. The molecule has 0 aliphatic rings. The van der Waals surface area contributed by atoms with E-state index in [1.165, 1.54) is 11.8 Å². The summed E-state index contributed by atoms with van der Waals surface area (Å²) in [6.45, 7) is 1.78. The number of aromatic amines is 1. The zero-order valence-corrected chi connectivity index (χ0v) is 16.7. The molecular weight excluding hydrogens is 372 g/mol. The summed E-state index contributed by atoms with van der Waals surface area (Å²) >= 11 is 1.38. The average Bonchev–Trinajstić information content (AvgIpc) is 2.72. The van der Waals surface area contributed by atoms with Crippen molar-refractivity contribution in [1.29, 1.82) is 0 Å². The number of aryl methyl sites for hydroxylation is 1. The molecule has 0 unspecified atom stereocenters. The normalized spacial score (nSPS) is 10.8. The minimum Gasteiger partial charge on any atom is -0.453 e. The maximum absolute atomic E-state index is 12.6. The predicted octanol–water partition coefficient (Wildman–Crippen LogP) is 4.07. The van der Waals surface area contributed by atoms with Crippen LogP contribution in [0.3, 0.4) is 0 Å². The minimum absolute atomic E-state index is 0.111. The van der Waals surface area contributed by atoms with Crippen molar-refractivity contribution in [3.63, 3.8) is 0 Å². The van der Waals surface area contributed by atoms with Crippen LogP contribution in [0.15, 0.2) is 70.6 Å². The van der Waals surface area contributed by atoms with Gasteiger partial charge in [-0.3, -0.25) is 9.59 Å². The van der Waals surface area contributed by atoms with Gasteiger partial charge < -0.3 is 9.72 Å². The maximum Gasteiger partial charge on any atom is 0.307 e. The molecule has 1 N–H and O–H groups in total. The number of benzene rings is 2. The molecule has 144 valence electrons. The van der Waals surface area contributed by atoms with Crippen molar-refractivity contribution in [1.82, 2.24) is 9.97 Å². The number of hydrogen-bond donors (Lipinski definition) is 1. The van der Waals surface area contributed by atoms with Crippen LogP contribution < -0.4 is 5.56 Å². The summed E-state index contributed by atoms with van der Waals surface area (Å²) in [5, 5.41) is 0.571. The van der Waals surface area contributed by atoms with Crippen molar-refractivity contribution < 1.29 is 9.53 Å². The van der Waals surface area contributed by atoms with Crippen LogP contribution in [-0.2, 0) is 16.0 Å². The highest BCUT2D eigenvalue weighted by molar-refractivity contribution is 7.98. The van der Waals surface area contributed by atoms with E-state index in [1.54, 1.807) is 6.92 Å². The summed E-state index contributed by atoms with van der Waals surface area (Å²) in [4.78, 5) is 31.9. The van der Waals surface area contributed by atoms with Gasteiger partial charge in [-0.05, 0) is 30.7 Å². The van der Waals surface area contributed by atoms with Gasteiger partial charge >= 0.3 is 5.97 Å². The molecule has 6 heteroatoms. The summed E-state index contributed by atoms with van der Waals surface area (Å²) in [7, 11) is 0. The van der Waals surface area contributed by atoms with Crippen LogP contribution in [-0.4, -0.2) is 22.2 Å². The van der Waals surface area contributed by atoms with E-state index in [1.807, 2.05) is 66.9 Å². The van der Waals surface area contributed by atoms with E-state index in [0.717, 1.165) is 11.1 Å². The molecule has 0 amide bonds. The molecule has 0 bridgehead atoms. The molecule has 0 aliphatic carbocycles. The first kappa shape index (κ1) is 19.9. The fourth-order valence-corrected chi connectivity index (χ4v) is 3.40. The fourth-order valence-electron chi connectivity index (χ4n) is 2.98. The largest absolute Gasteiger partial charge is 0.453 e. The Morgan fingerprint density at radius 3 is 2.14 bits per heavy atom. The Morgan fingerprint density at radius 2 is 1.64 bits per heavy atom. The van der Waals surface area contributed by atoms with Gasteiger partial charge in [0, 0.05) is 17.7 Å². The van der Waals surface area contributed by atoms with Gasteiger partial charge in [0.15, 0.2) is 11.3 Å². The molecule has 2 aromatic carbocycles. The Morgan fingerprint density at radius 1 is 1.07 bits per heavy atom. The number of ether oxygens (including phenoxy) is 1. The van der Waals surface area contributed by atoms with Crippen LogP contribution in [0.4, 0.5) is 0 Å². The van der Waals surface area contributed by atoms with E-state index >= 15 is 0 Å². The maximum atomic E-state index is 12.6. The van der Waals surface area contributed by atoms with Crippen molar-refractivity contribution in [3.8, 4) is 0 Å². The van der Waals surface area contributed by atoms with Crippen molar-refractivity contribution >= 4 is 17.7 Å². The van der Waals surface area contributed by atoms with Gasteiger partial charge in [-0.15, -0.1) is 0 Å². The van der Waals surface area contributed by atoms with E-state index in [0.29, 0.717) is 16.4 Å². The lowest BCUT2D eigenvalue weighted by Gasteiger charge is -2.19. The van der Waals surface area contributed by atoms with Crippen LogP contribution in [0.5, 0.6) is 0 Å². The van der Waals surface area contributed by atoms with Crippen molar-refractivity contribution in [2.24, 2.45) is 0 Å². The number of carbonyl (C=O) groups excluding carboxylic acids is 1. The Balaban J connectivity index is 1.74. The number of H-pyrrole nitrogens is 1. The molecule has 0 radical (unpaired) electrons. The monoisotopic (exact) mass is 394 g/mol. The summed E-state index contributed by atoms with van der Waals surface area (Å²) in [6.07, 6.45) is 1.77. The lowest BCUT2D eigenvalue weighted by molar-refractivity contribution is -0.147. The summed E-state index contributed by atoms with van der Waals surface area (Å²) in [5.74, 6) is -0.356. The molecule has 1 aromatic heterocycles. The number of hydrogen-bond acceptors (Lipinski definition) is 5. The second-order valence-corrected chi connectivity index (χ2v) is 7.13. The molecule has 1 heterocycles. The highest BCUT2D eigenvalue weighted by Crippen LogP contribution is 2.26. The molecule has 0 saturated heterocycles. The van der Waals surface area contributed by atoms with Gasteiger partial charge in [0.1, 0.15) is 0 Å². The van der Waals surface area contributed by atoms with E-state index in [-0.39, 0.29) is 24.4 Å². The van der Waals surface area contributed by atoms with Gasteiger partial charge in [-0.1, -0.05) is 72.4 Å². The van der Waals surface area contributed by atoms with E-state index in [9.17, 15) is 9.59 Å². The van der Waals surface area contributed by atoms with Crippen molar-refractivity contribution in [2.75, 3.05) is 6.26 Å². The second-order valence-electron chi connectivity index (χ2n) is 6.33. The lowest BCUT2D eigenvalue weighted by atomic mass is 10.0. The van der Waals surface area contributed by atoms with Gasteiger partial charge in [0.05, 0.1) is 0 Å². The molecule has 3 aromatic rings. The number of esters is 1. The zero-order chi connectivity index (χ0) is 19.9. The van der Waals surface area contributed by atoms with E-state index in [2.05, 4.69) is 9.97 Å². The average molecular weight is 394 g/mol. The van der Waals surface area contributed by atoms with E-state index in [4.69, 9.17) is 4.74 Å². The van der Waals surface area contributed by atoms with Crippen molar-refractivity contribution in [2.45, 2.75) is 31.0 Å². The second kappa shape index (κ2) is 9.37. The van der Waals surface area contributed by atoms with Crippen LogP contribution in [0, 0.1) is 6.92 Å². The first-order valence-corrected chi connectivity index (χ1v) is 10.2. The molecule has 0 spiro atoms. The Bertz CT molecular complexity index is 948. The van der Waals surface area contributed by atoms with Crippen molar-refractivity contribution in [3.05, 3.63) is 93.4 Å². The molecule has 0 atom stereocenters. The number of nitrogens with zero attached hydrogens (tertiary/aromatic N) is 1. The molecule has 5 nitrogen and oxygen atoms in total. The Hall–Kier alpha value is -2.86. The smallest absolute Gasteiger partial charge is 0.307 e. The summed E-state index contributed by atoms with van der Waals surface area (Å²) in [5.41, 5.74) is 2.77. The van der Waals surface area contributed by atoms with Gasteiger partial charge in [0.25, 0.3) is 5.56 Å². The molecule has 28 heavy (non-hydrogen) atoms. The Kier molecular flexibility index (Phi) is 6.66. The van der Waals surface area contributed by atoms with Gasteiger partial charge in [-0.2, -0.15) is 0 Å². The zero-order valence-electron chi connectivity index (χ0n) is 15.8. The van der Waals surface area contributed by atoms with E-state index < -0.39 is 6.10 Å². The highest BCUT2D eigenvalue weighted by Gasteiger charge is 2.19. The predicted molar refractivity (Wildman–Crippen MR) is 111 cm³/mol. The first-order valence-electron chi connectivity index (χ1n) is 9.01. The standard InChI is InChI=1S/C22H22N2O3S/c1-15-18(21(26)24-22(23-15)28-2)13-14-19(25)27-20(16-9-5-3-6-10-16)17-11-7-4-8-12-17/h3-12,20H,13-14H2,1-2H3,(H,23,24,26). The molecule has 0 saturated carbocycles. The fraction of sp³-hybridized carbons (Fsp3) is 0.227. The number of thioether (sulfide) groups is 1. The lowest BCUT2D eigenvalue weighted by Crippen LogP contribution is -2.19. The van der Waals surface area contributed by atoms with Crippen LogP contribution in [0.1, 0.15) is 34.9 Å². The van der Waals surface area contributed by atoms with Crippen LogP contribution in [0.25, 0.3) is 0 Å². The van der Waals surface area contributed by atoms with Crippen LogP contribution in [0.2, 0.25) is 0 Å².